The highest BCUT2D eigenvalue weighted by molar-refractivity contribution is 5.87. The molecule has 0 heterocycles. The highest BCUT2D eigenvalue weighted by Gasteiger charge is 2.13. The third-order valence-corrected chi connectivity index (χ3v) is 1.76. The summed E-state index contributed by atoms with van der Waals surface area (Å²) >= 11 is 0. The van der Waals surface area contributed by atoms with Crippen LogP contribution in [-0.2, 0) is 19.1 Å². The SMILES string of the molecule is C=CC(=O)OC[CH]C(CC)OC(=O)C(=C)C. The lowest BCUT2D eigenvalue weighted by Crippen LogP contribution is -2.21. The van der Waals surface area contributed by atoms with E-state index in [-0.39, 0.29) is 12.7 Å². The largest absolute Gasteiger partial charge is 0.462 e. The first kappa shape index (κ1) is 14.4. The molecule has 89 valence electrons. The Balaban J connectivity index is 3.92. The summed E-state index contributed by atoms with van der Waals surface area (Å²) in [5, 5.41) is 0. The third kappa shape index (κ3) is 6.01. The fourth-order valence-corrected chi connectivity index (χ4v) is 0.833. The minimum atomic E-state index is -0.502. The zero-order chi connectivity index (χ0) is 12.6. The summed E-state index contributed by atoms with van der Waals surface area (Å²) in [6.07, 6.45) is 2.93. The molecule has 0 bridgehead atoms. The van der Waals surface area contributed by atoms with Gasteiger partial charge >= 0.3 is 11.9 Å². The van der Waals surface area contributed by atoms with E-state index in [0.717, 1.165) is 6.08 Å². The number of carbonyl (C=O) groups is 2. The van der Waals surface area contributed by atoms with Gasteiger partial charge in [0.2, 0.25) is 0 Å². The van der Waals surface area contributed by atoms with Crippen molar-refractivity contribution < 1.29 is 19.1 Å². The first-order valence-electron chi connectivity index (χ1n) is 5.00. The van der Waals surface area contributed by atoms with Gasteiger partial charge in [-0.25, -0.2) is 9.59 Å². The molecular formula is C12H17O4. The Labute approximate surface area is 95.9 Å². The fraction of sp³-hybridized carbons (Fsp3) is 0.417. The molecule has 1 radical (unpaired) electrons. The highest BCUT2D eigenvalue weighted by Crippen LogP contribution is 2.06. The molecule has 0 spiro atoms. The van der Waals surface area contributed by atoms with Crippen LogP contribution in [0.2, 0.25) is 0 Å². The van der Waals surface area contributed by atoms with Gasteiger partial charge in [-0.3, -0.25) is 0 Å². The van der Waals surface area contributed by atoms with Gasteiger partial charge in [0, 0.05) is 18.1 Å². The molecule has 0 N–H and O–H groups in total. The van der Waals surface area contributed by atoms with E-state index in [1.807, 2.05) is 6.92 Å². The van der Waals surface area contributed by atoms with E-state index >= 15 is 0 Å². The summed E-state index contributed by atoms with van der Waals surface area (Å²) in [7, 11) is 0. The standard InChI is InChI=1S/C12H17O4/c1-5-10(16-12(14)9(3)4)7-8-15-11(13)6-2/h6-7,10H,2-3,5,8H2,1,4H3. The Morgan fingerprint density at radius 2 is 2.06 bits per heavy atom. The van der Waals surface area contributed by atoms with Gasteiger partial charge in [0.1, 0.15) is 6.10 Å². The zero-order valence-electron chi connectivity index (χ0n) is 9.69. The van der Waals surface area contributed by atoms with Crippen LogP contribution in [0.5, 0.6) is 0 Å². The second-order valence-corrected chi connectivity index (χ2v) is 3.20. The Morgan fingerprint density at radius 1 is 1.44 bits per heavy atom. The highest BCUT2D eigenvalue weighted by atomic mass is 16.6. The van der Waals surface area contributed by atoms with E-state index in [4.69, 9.17) is 9.47 Å². The fourth-order valence-electron chi connectivity index (χ4n) is 0.833. The molecule has 16 heavy (non-hydrogen) atoms. The summed E-state index contributed by atoms with van der Waals surface area (Å²) < 4.78 is 9.80. The number of ether oxygens (including phenoxy) is 2. The Bertz CT molecular complexity index is 281. The van der Waals surface area contributed by atoms with Crippen LogP contribution in [0.15, 0.2) is 24.8 Å². The normalized spacial score (nSPS) is 11.4. The van der Waals surface area contributed by atoms with Crippen molar-refractivity contribution in [1.29, 1.82) is 0 Å². The van der Waals surface area contributed by atoms with Crippen molar-refractivity contribution in [2.45, 2.75) is 26.4 Å². The van der Waals surface area contributed by atoms with E-state index in [1.165, 1.54) is 0 Å². The van der Waals surface area contributed by atoms with Crippen LogP contribution in [0.4, 0.5) is 0 Å². The smallest absolute Gasteiger partial charge is 0.333 e. The molecule has 4 heteroatoms. The maximum Gasteiger partial charge on any atom is 0.333 e. The van der Waals surface area contributed by atoms with Crippen LogP contribution in [0.25, 0.3) is 0 Å². The molecule has 0 rings (SSSR count). The first-order chi connectivity index (χ1) is 7.51. The predicted molar refractivity (Wildman–Crippen MR) is 60.4 cm³/mol. The Hall–Kier alpha value is -1.58. The Morgan fingerprint density at radius 3 is 2.50 bits per heavy atom. The van der Waals surface area contributed by atoms with Crippen LogP contribution >= 0.6 is 0 Å². The maximum absolute atomic E-state index is 11.2. The number of hydrogen-bond donors (Lipinski definition) is 0. The molecule has 1 atom stereocenters. The summed E-state index contributed by atoms with van der Waals surface area (Å²) in [5.74, 6) is -0.949. The zero-order valence-corrected chi connectivity index (χ0v) is 9.69. The van der Waals surface area contributed by atoms with Crippen LogP contribution < -0.4 is 0 Å². The van der Waals surface area contributed by atoms with Gasteiger partial charge in [-0.15, -0.1) is 0 Å². The third-order valence-electron chi connectivity index (χ3n) is 1.76. The predicted octanol–water partition coefficient (Wildman–Crippen LogP) is 1.82. The van der Waals surface area contributed by atoms with Crippen LogP contribution in [0.3, 0.4) is 0 Å². The van der Waals surface area contributed by atoms with Crippen LogP contribution in [-0.4, -0.2) is 24.6 Å². The van der Waals surface area contributed by atoms with E-state index in [9.17, 15) is 9.59 Å². The average molecular weight is 225 g/mol. The second-order valence-electron chi connectivity index (χ2n) is 3.20. The number of rotatable bonds is 7. The summed E-state index contributed by atoms with van der Waals surface area (Å²) in [6.45, 7) is 10.3. The van der Waals surface area contributed by atoms with E-state index < -0.39 is 11.9 Å². The summed E-state index contributed by atoms with van der Waals surface area (Å²) in [6, 6.07) is 0. The lowest BCUT2D eigenvalue weighted by molar-refractivity contribution is -0.143. The van der Waals surface area contributed by atoms with Crippen LogP contribution in [0.1, 0.15) is 20.3 Å². The van der Waals surface area contributed by atoms with Gasteiger partial charge in [-0.1, -0.05) is 20.1 Å². The molecule has 0 saturated carbocycles. The van der Waals surface area contributed by atoms with Crippen molar-refractivity contribution in [2.75, 3.05) is 6.61 Å². The van der Waals surface area contributed by atoms with E-state index in [2.05, 4.69) is 13.2 Å². The molecule has 0 aliphatic rings. The summed E-state index contributed by atoms with van der Waals surface area (Å²) in [4.78, 5) is 21.9. The van der Waals surface area contributed by atoms with Gasteiger partial charge in [-0.2, -0.15) is 0 Å². The van der Waals surface area contributed by atoms with Crippen molar-refractivity contribution in [3.05, 3.63) is 31.2 Å². The molecular weight excluding hydrogens is 208 g/mol. The number of hydrogen-bond acceptors (Lipinski definition) is 4. The van der Waals surface area contributed by atoms with Crippen LogP contribution in [0, 0.1) is 6.42 Å². The number of esters is 2. The lowest BCUT2D eigenvalue weighted by atomic mass is 10.2. The monoisotopic (exact) mass is 225 g/mol. The second kappa shape index (κ2) is 7.68. The molecule has 4 nitrogen and oxygen atoms in total. The lowest BCUT2D eigenvalue weighted by Gasteiger charge is -2.15. The molecule has 0 amide bonds. The molecule has 0 aromatic rings. The maximum atomic E-state index is 11.2. The molecule has 0 aromatic carbocycles. The van der Waals surface area contributed by atoms with Gasteiger partial charge in [0.05, 0.1) is 6.61 Å². The molecule has 0 aliphatic carbocycles. The molecule has 0 fully saturated rings. The van der Waals surface area contributed by atoms with Gasteiger partial charge in [0.15, 0.2) is 0 Å². The topological polar surface area (TPSA) is 52.6 Å². The quantitative estimate of drug-likeness (QED) is 0.490. The first-order valence-corrected chi connectivity index (χ1v) is 5.00. The minimum absolute atomic E-state index is 0.0901. The average Bonchev–Trinajstić information content (AvgIpc) is 2.26. The molecule has 0 aromatic heterocycles. The van der Waals surface area contributed by atoms with Crippen molar-refractivity contribution in [3.63, 3.8) is 0 Å². The Kier molecular flexibility index (Phi) is 6.92. The van der Waals surface area contributed by atoms with Crippen molar-refractivity contribution in [2.24, 2.45) is 0 Å². The van der Waals surface area contributed by atoms with E-state index in [0.29, 0.717) is 12.0 Å². The van der Waals surface area contributed by atoms with Crippen molar-refractivity contribution >= 4 is 11.9 Å². The van der Waals surface area contributed by atoms with Gasteiger partial charge in [0.25, 0.3) is 0 Å². The molecule has 0 aliphatic heterocycles. The number of carbonyl (C=O) groups excluding carboxylic acids is 2. The molecule has 1 unspecified atom stereocenters. The van der Waals surface area contributed by atoms with Crippen molar-refractivity contribution in [3.8, 4) is 0 Å². The van der Waals surface area contributed by atoms with Gasteiger partial charge < -0.3 is 9.47 Å². The molecule has 0 saturated heterocycles. The van der Waals surface area contributed by atoms with Crippen molar-refractivity contribution in [1.82, 2.24) is 0 Å². The minimum Gasteiger partial charge on any atom is -0.462 e. The van der Waals surface area contributed by atoms with E-state index in [1.54, 1.807) is 13.3 Å². The summed E-state index contributed by atoms with van der Waals surface area (Å²) in [5.41, 5.74) is 0.343. The van der Waals surface area contributed by atoms with Gasteiger partial charge in [-0.05, 0) is 13.3 Å².